The fraction of sp³-hybridized carbons (Fsp3) is 0.600. The summed E-state index contributed by atoms with van der Waals surface area (Å²) in [4.78, 5) is 0. The molecule has 5 atom stereocenters. The van der Waals surface area contributed by atoms with Crippen molar-refractivity contribution in [3.8, 4) is 23.8 Å². The van der Waals surface area contributed by atoms with Crippen molar-refractivity contribution in [3.05, 3.63) is 23.3 Å². The van der Waals surface area contributed by atoms with E-state index in [4.69, 9.17) is 6.42 Å². The van der Waals surface area contributed by atoms with Gasteiger partial charge in [-0.25, -0.2) is 0 Å². The van der Waals surface area contributed by atoms with Crippen LogP contribution in [0.2, 0.25) is 0 Å². The van der Waals surface area contributed by atoms with E-state index in [0.29, 0.717) is 24.2 Å². The van der Waals surface area contributed by atoms with E-state index < -0.39 is 5.60 Å². The molecular formula is C20H24O3. The summed E-state index contributed by atoms with van der Waals surface area (Å²) in [7, 11) is 0. The van der Waals surface area contributed by atoms with Crippen LogP contribution in [-0.4, -0.2) is 20.9 Å². The van der Waals surface area contributed by atoms with Crippen molar-refractivity contribution in [2.45, 2.75) is 57.0 Å². The fourth-order valence-electron chi connectivity index (χ4n) is 5.89. The number of rotatable bonds is 0. The van der Waals surface area contributed by atoms with Gasteiger partial charge in [0.25, 0.3) is 0 Å². The largest absolute Gasteiger partial charge is 0.504 e. The molecule has 4 rings (SSSR count). The maximum Gasteiger partial charge on any atom is 0.160 e. The zero-order valence-corrected chi connectivity index (χ0v) is 13.5. The van der Waals surface area contributed by atoms with E-state index in [0.717, 1.165) is 37.7 Å². The number of benzene rings is 1. The van der Waals surface area contributed by atoms with Crippen LogP contribution in [0, 0.1) is 29.6 Å². The molecule has 0 bridgehead atoms. The molecule has 3 nitrogen and oxygen atoms in total. The highest BCUT2D eigenvalue weighted by Crippen LogP contribution is 2.64. The average Bonchev–Trinajstić information content (AvgIpc) is 2.83. The van der Waals surface area contributed by atoms with Crippen molar-refractivity contribution in [1.82, 2.24) is 0 Å². The molecule has 3 aliphatic carbocycles. The molecule has 0 aromatic heterocycles. The van der Waals surface area contributed by atoms with E-state index >= 15 is 0 Å². The molecular weight excluding hydrogens is 288 g/mol. The van der Waals surface area contributed by atoms with Gasteiger partial charge in [0.2, 0.25) is 0 Å². The van der Waals surface area contributed by atoms with Gasteiger partial charge in [-0.3, -0.25) is 0 Å². The molecule has 3 N–H and O–H groups in total. The zero-order valence-electron chi connectivity index (χ0n) is 13.5. The minimum atomic E-state index is -0.972. The van der Waals surface area contributed by atoms with E-state index in [-0.39, 0.29) is 16.9 Å². The molecule has 3 aliphatic rings. The Bertz CT molecular complexity index is 704. The lowest BCUT2D eigenvalue weighted by atomic mass is 9.53. The van der Waals surface area contributed by atoms with Gasteiger partial charge in [-0.2, -0.15) is 0 Å². The molecule has 0 saturated heterocycles. The van der Waals surface area contributed by atoms with Gasteiger partial charge in [-0.1, -0.05) is 18.9 Å². The number of hydrogen-bond donors (Lipinski definition) is 3. The molecule has 1 aromatic carbocycles. The van der Waals surface area contributed by atoms with Gasteiger partial charge in [0.1, 0.15) is 5.60 Å². The molecule has 3 heteroatoms. The van der Waals surface area contributed by atoms with Crippen LogP contribution in [0.25, 0.3) is 0 Å². The minimum absolute atomic E-state index is 0.0228. The van der Waals surface area contributed by atoms with E-state index in [1.165, 1.54) is 5.56 Å². The van der Waals surface area contributed by atoms with Crippen LogP contribution in [0.5, 0.6) is 11.5 Å². The molecule has 0 unspecified atom stereocenters. The van der Waals surface area contributed by atoms with Crippen molar-refractivity contribution in [2.24, 2.45) is 17.3 Å². The molecule has 0 heterocycles. The van der Waals surface area contributed by atoms with E-state index in [1.807, 2.05) is 6.07 Å². The second-order valence-corrected chi connectivity index (χ2v) is 7.92. The Balaban J connectivity index is 1.74. The van der Waals surface area contributed by atoms with Gasteiger partial charge in [-0.15, -0.1) is 6.42 Å². The minimum Gasteiger partial charge on any atom is -0.504 e. The Morgan fingerprint density at radius 2 is 1.96 bits per heavy atom. The highest BCUT2D eigenvalue weighted by Gasteiger charge is 2.61. The molecule has 122 valence electrons. The van der Waals surface area contributed by atoms with Gasteiger partial charge in [0.15, 0.2) is 11.5 Å². The number of hydrogen-bond acceptors (Lipinski definition) is 3. The van der Waals surface area contributed by atoms with Gasteiger partial charge in [0.05, 0.1) is 0 Å². The summed E-state index contributed by atoms with van der Waals surface area (Å²) in [6.07, 6.45) is 11.0. The van der Waals surface area contributed by atoms with E-state index in [1.54, 1.807) is 6.07 Å². The highest BCUT2D eigenvalue weighted by atomic mass is 16.3. The third kappa shape index (κ3) is 1.76. The normalized spacial score (nSPS) is 41.5. The van der Waals surface area contributed by atoms with Crippen LogP contribution in [0.1, 0.15) is 56.1 Å². The van der Waals surface area contributed by atoms with E-state index in [9.17, 15) is 15.3 Å². The summed E-state index contributed by atoms with van der Waals surface area (Å²) < 4.78 is 0. The summed E-state index contributed by atoms with van der Waals surface area (Å²) in [5.74, 6) is 4.08. The van der Waals surface area contributed by atoms with Gasteiger partial charge >= 0.3 is 0 Å². The third-order valence-corrected chi connectivity index (χ3v) is 7.25. The number of phenols is 2. The molecule has 1 aromatic rings. The molecule has 2 fully saturated rings. The Morgan fingerprint density at radius 1 is 1.17 bits per heavy atom. The third-order valence-electron chi connectivity index (χ3n) is 7.25. The highest BCUT2D eigenvalue weighted by molar-refractivity contribution is 5.51. The summed E-state index contributed by atoms with van der Waals surface area (Å²) in [6, 6.07) is 3.59. The number of phenolic OH excluding ortho intramolecular Hbond substituents is 2. The van der Waals surface area contributed by atoms with Crippen molar-refractivity contribution < 1.29 is 15.3 Å². The zero-order chi connectivity index (χ0) is 16.4. The van der Waals surface area contributed by atoms with Gasteiger partial charge < -0.3 is 15.3 Å². The monoisotopic (exact) mass is 312 g/mol. The van der Waals surface area contributed by atoms with Crippen LogP contribution >= 0.6 is 0 Å². The van der Waals surface area contributed by atoms with Crippen LogP contribution in [-0.2, 0) is 6.42 Å². The fourth-order valence-corrected chi connectivity index (χ4v) is 5.89. The average molecular weight is 312 g/mol. The second kappa shape index (κ2) is 4.68. The first-order valence-electron chi connectivity index (χ1n) is 8.65. The lowest BCUT2D eigenvalue weighted by Gasteiger charge is -2.52. The van der Waals surface area contributed by atoms with Crippen molar-refractivity contribution in [3.63, 3.8) is 0 Å². The van der Waals surface area contributed by atoms with Gasteiger partial charge in [-0.05, 0) is 67.9 Å². The van der Waals surface area contributed by atoms with Crippen molar-refractivity contribution in [2.75, 3.05) is 0 Å². The summed E-state index contributed by atoms with van der Waals surface area (Å²) in [5, 5.41) is 30.8. The summed E-state index contributed by atoms with van der Waals surface area (Å²) in [6.45, 7) is 2.17. The topological polar surface area (TPSA) is 60.7 Å². The standard InChI is InChI=1S/C20H24O3/c1-3-20(23)11-9-16-14-4-5-15-12(6-7-17(21)18(15)22)13(14)8-10-19(16,20)2/h1,6-7,13-14,16,21-23H,4-5,8-11H2,2H3/t13-,14-,16+,19+,20+/m1/s1. The SMILES string of the molecule is C#C[C@]1(O)CC[C@H]2[C@@H]3CCc4c(ccc(O)c4O)[C@H]3CC[C@@]21C. The maximum absolute atomic E-state index is 10.9. The molecule has 0 amide bonds. The summed E-state index contributed by atoms with van der Waals surface area (Å²) >= 11 is 0. The van der Waals surface area contributed by atoms with Crippen LogP contribution in [0.15, 0.2) is 12.1 Å². The Kier molecular flexibility index (Phi) is 3.03. The van der Waals surface area contributed by atoms with E-state index in [2.05, 4.69) is 12.8 Å². The Labute approximate surface area is 137 Å². The predicted molar refractivity (Wildman–Crippen MR) is 88.2 cm³/mol. The van der Waals surface area contributed by atoms with Gasteiger partial charge in [0, 0.05) is 11.0 Å². The maximum atomic E-state index is 10.9. The molecule has 0 radical (unpaired) electrons. The Morgan fingerprint density at radius 3 is 2.70 bits per heavy atom. The van der Waals surface area contributed by atoms with Crippen LogP contribution < -0.4 is 0 Å². The van der Waals surface area contributed by atoms with Crippen molar-refractivity contribution in [1.29, 1.82) is 0 Å². The number of aromatic hydroxyl groups is 2. The first-order chi connectivity index (χ1) is 10.9. The van der Waals surface area contributed by atoms with Crippen LogP contribution in [0.4, 0.5) is 0 Å². The molecule has 0 aliphatic heterocycles. The number of aliphatic hydroxyl groups is 1. The molecule has 0 spiro atoms. The quantitative estimate of drug-likeness (QED) is 0.509. The first kappa shape index (κ1) is 14.9. The number of fused-ring (bicyclic) bond motifs is 5. The van der Waals surface area contributed by atoms with Crippen molar-refractivity contribution >= 4 is 0 Å². The smallest absolute Gasteiger partial charge is 0.160 e. The predicted octanol–water partition coefficient (Wildman–Crippen LogP) is 3.32. The lowest BCUT2D eigenvalue weighted by Crippen LogP contribution is -2.50. The second-order valence-electron chi connectivity index (χ2n) is 7.92. The Hall–Kier alpha value is -1.66. The molecule has 23 heavy (non-hydrogen) atoms. The summed E-state index contributed by atoms with van der Waals surface area (Å²) in [5.41, 5.74) is 0.939. The number of terminal acetylenes is 1. The first-order valence-corrected chi connectivity index (χ1v) is 8.65. The molecule has 2 saturated carbocycles. The van der Waals surface area contributed by atoms with Crippen LogP contribution in [0.3, 0.4) is 0 Å². The lowest BCUT2D eigenvalue weighted by molar-refractivity contribution is -0.0647.